The number of rotatable bonds is 6. The van der Waals surface area contributed by atoms with E-state index in [1.165, 1.54) is 22.9 Å². The molecule has 0 aliphatic carbocycles. The Morgan fingerprint density at radius 1 is 1.07 bits per heavy atom. The second-order valence-corrected chi connectivity index (χ2v) is 7.98. The van der Waals surface area contributed by atoms with Gasteiger partial charge in [0.1, 0.15) is 6.61 Å². The second-order valence-electron chi connectivity index (χ2n) is 5.03. The molecule has 2 aromatic carbocycles. The van der Waals surface area contributed by atoms with Gasteiger partial charge in [-0.25, -0.2) is 0 Å². The Bertz CT molecular complexity index is 967. The van der Waals surface area contributed by atoms with Crippen LogP contribution in [0.5, 0.6) is 0 Å². The number of hydrogen-bond acceptors (Lipinski definition) is 4. The Balaban J connectivity index is 2.15. The monoisotopic (exact) mass is 460 g/mol. The highest BCUT2D eigenvalue weighted by atomic mass is 35.5. The van der Waals surface area contributed by atoms with Crippen molar-refractivity contribution in [1.82, 2.24) is 0 Å². The number of halogens is 6. The van der Waals surface area contributed by atoms with E-state index in [9.17, 15) is 21.6 Å². The van der Waals surface area contributed by atoms with Crippen LogP contribution in [-0.4, -0.2) is 20.1 Å². The fraction of sp³-hybridized carbons (Fsp3) is 0.133. The van der Waals surface area contributed by atoms with E-state index in [-0.39, 0.29) is 22.9 Å². The van der Waals surface area contributed by atoms with Crippen LogP contribution in [0, 0.1) is 0 Å². The number of nitrogens with one attached hydrogen (secondary N) is 1. The lowest BCUT2D eigenvalue weighted by Gasteiger charge is -2.12. The molecular formula is C15H10Cl3F3N2O3S. The molecule has 0 radical (unpaired) electrons. The van der Waals surface area contributed by atoms with Crippen LogP contribution < -0.4 is 4.72 Å². The lowest BCUT2D eigenvalue weighted by atomic mass is 10.2. The van der Waals surface area contributed by atoms with Gasteiger partial charge in [-0.2, -0.15) is 21.6 Å². The number of benzene rings is 2. The molecule has 0 heterocycles. The van der Waals surface area contributed by atoms with Gasteiger partial charge >= 0.3 is 15.5 Å². The molecule has 0 saturated carbocycles. The topological polar surface area (TPSA) is 67.8 Å². The van der Waals surface area contributed by atoms with E-state index >= 15 is 0 Å². The highest BCUT2D eigenvalue weighted by molar-refractivity contribution is 7.93. The maximum Gasteiger partial charge on any atom is 0.516 e. The minimum absolute atomic E-state index is 0.0301. The molecule has 0 unspecified atom stereocenters. The number of hydrogen-bond donors (Lipinski definition) is 1. The van der Waals surface area contributed by atoms with E-state index in [2.05, 4.69) is 5.16 Å². The van der Waals surface area contributed by atoms with Crippen molar-refractivity contribution in [3.63, 3.8) is 0 Å². The van der Waals surface area contributed by atoms with Crippen LogP contribution in [0.4, 0.5) is 18.9 Å². The molecule has 5 nitrogen and oxygen atoms in total. The summed E-state index contributed by atoms with van der Waals surface area (Å²) in [4.78, 5) is 5.04. The number of nitrogens with zero attached hydrogens (tertiary/aromatic N) is 1. The maximum atomic E-state index is 12.5. The van der Waals surface area contributed by atoms with Gasteiger partial charge in [-0.1, -0.05) is 46.0 Å². The average molecular weight is 462 g/mol. The third kappa shape index (κ3) is 5.90. The first-order valence-corrected chi connectivity index (χ1v) is 9.59. The largest absolute Gasteiger partial charge is 0.516 e. The Hall–Kier alpha value is -1.68. The van der Waals surface area contributed by atoms with Gasteiger partial charge < -0.3 is 4.84 Å². The zero-order chi connectivity index (χ0) is 20.2. The molecule has 12 heteroatoms. The molecule has 0 aliphatic heterocycles. The van der Waals surface area contributed by atoms with Crippen LogP contribution in [0.2, 0.25) is 15.1 Å². The summed E-state index contributed by atoms with van der Waals surface area (Å²) in [7, 11) is -5.59. The lowest BCUT2D eigenvalue weighted by molar-refractivity contribution is -0.0429. The summed E-state index contributed by atoms with van der Waals surface area (Å²) in [6.45, 7) is -0.0450. The average Bonchev–Trinajstić information content (AvgIpc) is 2.54. The molecule has 0 bridgehead atoms. The molecule has 0 fully saturated rings. The van der Waals surface area contributed by atoms with Crippen molar-refractivity contribution < 1.29 is 26.4 Å². The summed E-state index contributed by atoms with van der Waals surface area (Å²) in [5.41, 5.74) is -5.29. The number of sulfonamides is 1. The van der Waals surface area contributed by atoms with Gasteiger partial charge in [0.25, 0.3) is 0 Å². The summed E-state index contributed by atoms with van der Waals surface area (Å²) in [6, 6.07) is 8.23. The molecule has 27 heavy (non-hydrogen) atoms. The Morgan fingerprint density at radius 3 is 2.33 bits per heavy atom. The van der Waals surface area contributed by atoms with Crippen LogP contribution in [0.3, 0.4) is 0 Å². The van der Waals surface area contributed by atoms with Gasteiger partial charge in [0.05, 0.1) is 11.9 Å². The van der Waals surface area contributed by atoms with E-state index in [1.54, 1.807) is 12.1 Å². The Kier molecular flexibility index (Phi) is 6.85. The maximum absolute atomic E-state index is 12.5. The highest BCUT2D eigenvalue weighted by Gasteiger charge is 2.46. The third-order valence-electron chi connectivity index (χ3n) is 3.06. The van der Waals surface area contributed by atoms with E-state index in [4.69, 9.17) is 39.6 Å². The van der Waals surface area contributed by atoms with E-state index in [0.29, 0.717) is 15.6 Å². The normalized spacial score (nSPS) is 12.4. The lowest BCUT2D eigenvalue weighted by Crippen LogP contribution is -2.30. The predicted molar refractivity (Wildman–Crippen MR) is 98.9 cm³/mol. The fourth-order valence-electron chi connectivity index (χ4n) is 1.78. The smallest absolute Gasteiger partial charge is 0.391 e. The van der Waals surface area contributed by atoms with Gasteiger partial charge in [0.2, 0.25) is 0 Å². The van der Waals surface area contributed by atoms with Gasteiger partial charge in [0.15, 0.2) is 0 Å². The van der Waals surface area contributed by atoms with Gasteiger partial charge in [-0.15, -0.1) is 0 Å². The minimum atomic E-state index is -5.59. The van der Waals surface area contributed by atoms with Crippen LogP contribution >= 0.6 is 34.8 Å². The van der Waals surface area contributed by atoms with Gasteiger partial charge in [-0.3, -0.25) is 4.72 Å². The number of alkyl halides is 3. The minimum Gasteiger partial charge on any atom is -0.391 e. The Labute approximate surface area is 167 Å². The van der Waals surface area contributed by atoms with Gasteiger partial charge in [0, 0.05) is 26.2 Å². The second kappa shape index (κ2) is 8.55. The molecule has 2 rings (SSSR count). The van der Waals surface area contributed by atoms with Crippen molar-refractivity contribution in [3.8, 4) is 0 Å². The van der Waals surface area contributed by atoms with Crippen molar-refractivity contribution in [2.75, 3.05) is 4.72 Å². The molecule has 1 N–H and O–H groups in total. The van der Waals surface area contributed by atoms with Crippen LogP contribution in [-0.2, 0) is 21.5 Å². The van der Waals surface area contributed by atoms with Crippen molar-refractivity contribution in [2.45, 2.75) is 12.1 Å². The number of oxime groups is 1. The van der Waals surface area contributed by atoms with E-state index in [1.807, 2.05) is 0 Å². The first-order valence-electron chi connectivity index (χ1n) is 6.97. The van der Waals surface area contributed by atoms with Crippen molar-refractivity contribution in [2.24, 2.45) is 5.16 Å². The SMILES string of the molecule is O=S(=O)(Nc1ccc(Cl)cc1/C=N/OCc1ccc(Cl)cc1Cl)C(F)(F)F. The third-order valence-corrected chi connectivity index (χ3v) is 4.98. The van der Waals surface area contributed by atoms with Gasteiger partial charge in [-0.05, 0) is 30.3 Å². The summed E-state index contributed by atoms with van der Waals surface area (Å²) in [5, 5.41) is 4.55. The molecule has 146 valence electrons. The fourth-order valence-corrected chi connectivity index (χ4v) is 3.01. The molecule has 0 amide bonds. The van der Waals surface area contributed by atoms with Crippen LogP contribution in [0.25, 0.3) is 0 Å². The molecule has 0 saturated heterocycles. The molecule has 0 spiro atoms. The van der Waals surface area contributed by atoms with Crippen molar-refractivity contribution in [3.05, 3.63) is 62.6 Å². The van der Waals surface area contributed by atoms with Crippen molar-refractivity contribution in [1.29, 1.82) is 0 Å². The van der Waals surface area contributed by atoms with Crippen LogP contribution in [0.15, 0.2) is 41.6 Å². The summed E-state index contributed by atoms with van der Waals surface area (Å²) >= 11 is 17.5. The molecular weight excluding hydrogens is 452 g/mol. The van der Waals surface area contributed by atoms with E-state index < -0.39 is 15.5 Å². The quantitative estimate of drug-likeness (QED) is 0.459. The molecule has 0 aromatic heterocycles. The molecule has 0 aliphatic rings. The van der Waals surface area contributed by atoms with E-state index in [0.717, 1.165) is 12.3 Å². The van der Waals surface area contributed by atoms with Crippen LogP contribution in [0.1, 0.15) is 11.1 Å². The summed E-state index contributed by atoms with van der Waals surface area (Å²) < 4.78 is 61.6. The van der Waals surface area contributed by atoms with Crippen molar-refractivity contribution >= 4 is 56.7 Å². The zero-order valence-corrected chi connectivity index (χ0v) is 16.2. The standard InChI is InChI=1S/C15H10Cl3F3N2O3S/c16-11-3-4-14(23-27(24,25)15(19,20)21)10(5-11)7-22-26-8-9-1-2-12(17)6-13(9)18/h1-7,23H,8H2/b22-7+. The molecule has 2 aromatic rings. The summed E-state index contributed by atoms with van der Waals surface area (Å²) in [5.74, 6) is 0. The highest BCUT2D eigenvalue weighted by Crippen LogP contribution is 2.28. The first-order chi connectivity index (χ1) is 12.5. The predicted octanol–water partition coefficient (Wildman–Crippen LogP) is 5.46. The first kappa shape index (κ1) is 21.6. The Morgan fingerprint density at radius 2 is 1.70 bits per heavy atom. The zero-order valence-electron chi connectivity index (χ0n) is 13.1. The molecule has 0 atom stereocenters. The number of anilines is 1. The summed E-state index contributed by atoms with van der Waals surface area (Å²) in [6.07, 6.45) is 1.02.